The SMILES string of the molecule is CCNC(=NCc1ccccc1-n1nc(C)cc1C)N1CCC(CC(=O)NC)CC1. The first-order chi connectivity index (χ1) is 14.5. The molecule has 1 aromatic carbocycles. The Balaban J connectivity index is 1.72. The lowest BCUT2D eigenvalue weighted by Crippen LogP contribution is -2.46. The van der Waals surface area contributed by atoms with Crippen molar-refractivity contribution < 1.29 is 4.79 Å². The van der Waals surface area contributed by atoms with Crippen LogP contribution in [-0.2, 0) is 11.3 Å². The Morgan fingerprint density at radius 3 is 2.60 bits per heavy atom. The average Bonchev–Trinajstić information content (AvgIpc) is 3.09. The summed E-state index contributed by atoms with van der Waals surface area (Å²) in [6.45, 7) is 9.45. The van der Waals surface area contributed by atoms with Crippen LogP contribution in [0.15, 0.2) is 35.3 Å². The molecule has 1 aromatic heterocycles. The fourth-order valence-electron chi connectivity index (χ4n) is 4.02. The Morgan fingerprint density at radius 1 is 1.23 bits per heavy atom. The van der Waals surface area contributed by atoms with Gasteiger partial charge in [-0.1, -0.05) is 18.2 Å². The van der Waals surface area contributed by atoms with Gasteiger partial charge in [0.15, 0.2) is 5.96 Å². The molecule has 1 aliphatic rings. The van der Waals surface area contributed by atoms with Gasteiger partial charge in [-0.05, 0) is 57.2 Å². The van der Waals surface area contributed by atoms with Gasteiger partial charge in [0.1, 0.15) is 0 Å². The van der Waals surface area contributed by atoms with E-state index in [4.69, 9.17) is 4.99 Å². The first kappa shape index (κ1) is 21.9. The van der Waals surface area contributed by atoms with Gasteiger partial charge >= 0.3 is 0 Å². The van der Waals surface area contributed by atoms with Gasteiger partial charge in [-0.25, -0.2) is 9.67 Å². The van der Waals surface area contributed by atoms with Gasteiger partial charge in [-0.3, -0.25) is 4.79 Å². The number of likely N-dealkylation sites (tertiary alicyclic amines) is 1. The number of aryl methyl sites for hydroxylation is 2. The molecule has 0 atom stereocenters. The number of aromatic nitrogens is 2. The molecule has 1 fully saturated rings. The lowest BCUT2D eigenvalue weighted by Gasteiger charge is -2.34. The number of piperidine rings is 1. The molecule has 2 aromatic rings. The number of benzene rings is 1. The number of nitrogens with one attached hydrogen (secondary N) is 2. The van der Waals surface area contributed by atoms with Gasteiger partial charge in [0, 0.05) is 38.8 Å². The Kier molecular flexibility index (Phi) is 7.49. The summed E-state index contributed by atoms with van der Waals surface area (Å²) in [6, 6.07) is 10.4. The van der Waals surface area contributed by atoms with Gasteiger partial charge in [-0.15, -0.1) is 0 Å². The molecule has 2 N–H and O–H groups in total. The molecular formula is C23H34N6O. The number of carbonyl (C=O) groups is 1. The summed E-state index contributed by atoms with van der Waals surface area (Å²) >= 11 is 0. The first-order valence-corrected chi connectivity index (χ1v) is 10.9. The monoisotopic (exact) mass is 410 g/mol. The molecular weight excluding hydrogens is 376 g/mol. The summed E-state index contributed by atoms with van der Waals surface area (Å²) in [5.41, 5.74) is 4.35. The van der Waals surface area contributed by atoms with Crippen LogP contribution in [0.4, 0.5) is 0 Å². The predicted molar refractivity (Wildman–Crippen MR) is 121 cm³/mol. The number of hydrogen-bond acceptors (Lipinski definition) is 3. The fourth-order valence-corrected chi connectivity index (χ4v) is 4.02. The van der Waals surface area contributed by atoms with Gasteiger partial charge in [0.2, 0.25) is 5.91 Å². The lowest BCUT2D eigenvalue weighted by atomic mass is 9.93. The minimum absolute atomic E-state index is 0.134. The van der Waals surface area contributed by atoms with Crippen molar-refractivity contribution >= 4 is 11.9 Å². The zero-order chi connectivity index (χ0) is 21.5. The number of aliphatic imine (C=N–C) groups is 1. The van der Waals surface area contributed by atoms with E-state index in [0.29, 0.717) is 18.9 Å². The molecule has 0 saturated carbocycles. The second-order valence-electron chi connectivity index (χ2n) is 7.95. The number of hydrogen-bond donors (Lipinski definition) is 2. The van der Waals surface area contributed by atoms with E-state index in [1.807, 2.05) is 17.7 Å². The lowest BCUT2D eigenvalue weighted by molar-refractivity contribution is -0.121. The topological polar surface area (TPSA) is 74.5 Å². The summed E-state index contributed by atoms with van der Waals surface area (Å²) in [7, 11) is 1.71. The molecule has 0 spiro atoms. The fraction of sp³-hybridized carbons (Fsp3) is 0.522. The number of para-hydroxylation sites is 1. The van der Waals surface area contributed by atoms with Crippen LogP contribution in [0, 0.1) is 19.8 Å². The molecule has 1 amide bonds. The zero-order valence-corrected chi connectivity index (χ0v) is 18.6. The predicted octanol–water partition coefficient (Wildman–Crippen LogP) is 2.80. The van der Waals surface area contributed by atoms with E-state index in [1.54, 1.807) is 7.05 Å². The van der Waals surface area contributed by atoms with Crippen LogP contribution in [-0.4, -0.2) is 53.2 Å². The summed E-state index contributed by atoms with van der Waals surface area (Å²) in [5.74, 6) is 1.53. The van der Waals surface area contributed by atoms with Gasteiger partial charge < -0.3 is 15.5 Å². The minimum atomic E-state index is 0.134. The summed E-state index contributed by atoms with van der Waals surface area (Å²) in [5, 5.41) is 10.8. The van der Waals surface area contributed by atoms with Crippen molar-refractivity contribution in [1.29, 1.82) is 0 Å². The van der Waals surface area contributed by atoms with Gasteiger partial charge in [0.05, 0.1) is 17.9 Å². The largest absolute Gasteiger partial charge is 0.359 e. The van der Waals surface area contributed by atoms with Crippen molar-refractivity contribution in [2.24, 2.45) is 10.9 Å². The third kappa shape index (κ3) is 5.40. The quantitative estimate of drug-likeness (QED) is 0.567. The summed E-state index contributed by atoms with van der Waals surface area (Å²) < 4.78 is 2.00. The number of amides is 1. The molecule has 7 heteroatoms. The average molecular weight is 411 g/mol. The van der Waals surface area contributed by atoms with Crippen molar-refractivity contribution in [3.8, 4) is 5.69 Å². The Labute approximate surface area is 179 Å². The van der Waals surface area contributed by atoms with Crippen LogP contribution in [0.1, 0.15) is 43.1 Å². The maximum Gasteiger partial charge on any atom is 0.220 e. The molecule has 1 saturated heterocycles. The number of rotatable bonds is 6. The molecule has 2 heterocycles. The number of nitrogens with zero attached hydrogens (tertiary/aromatic N) is 4. The normalized spacial score (nSPS) is 15.3. The molecule has 0 radical (unpaired) electrons. The molecule has 7 nitrogen and oxygen atoms in total. The smallest absolute Gasteiger partial charge is 0.220 e. The Hall–Kier alpha value is -2.83. The standard InChI is InChI=1S/C23H34N6O/c1-5-25-23(28-12-10-19(11-13-28)15-22(30)24-4)26-16-20-8-6-7-9-21(20)29-18(3)14-17(2)27-29/h6-9,14,19H,5,10-13,15-16H2,1-4H3,(H,24,30)(H,25,26). The highest BCUT2D eigenvalue weighted by Gasteiger charge is 2.23. The first-order valence-electron chi connectivity index (χ1n) is 10.9. The molecule has 0 bridgehead atoms. The van der Waals surface area contributed by atoms with Crippen LogP contribution in [0.5, 0.6) is 0 Å². The maximum absolute atomic E-state index is 11.7. The second kappa shape index (κ2) is 10.3. The van der Waals surface area contributed by atoms with Gasteiger partial charge in [0.25, 0.3) is 0 Å². The Morgan fingerprint density at radius 2 is 1.97 bits per heavy atom. The molecule has 0 unspecified atom stereocenters. The maximum atomic E-state index is 11.7. The number of carbonyl (C=O) groups excluding carboxylic acids is 1. The number of guanidine groups is 1. The zero-order valence-electron chi connectivity index (χ0n) is 18.6. The third-order valence-corrected chi connectivity index (χ3v) is 5.63. The molecule has 162 valence electrons. The molecule has 1 aliphatic heterocycles. The van der Waals surface area contributed by atoms with E-state index >= 15 is 0 Å². The van der Waals surface area contributed by atoms with E-state index in [9.17, 15) is 4.79 Å². The van der Waals surface area contributed by atoms with Crippen LogP contribution >= 0.6 is 0 Å². The van der Waals surface area contributed by atoms with Gasteiger partial charge in [-0.2, -0.15) is 5.10 Å². The highest BCUT2D eigenvalue weighted by atomic mass is 16.1. The van der Waals surface area contributed by atoms with E-state index < -0.39 is 0 Å². The molecule has 3 rings (SSSR count). The minimum Gasteiger partial charge on any atom is -0.359 e. The van der Waals surface area contributed by atoms with Crippen molar-refractivity contribution in [2.45, 2.75) is 46.6 Å². The van der Waals surface area contributed by atoms with E-state index in [0.717, 1.165) is 61.1 Å². The highest BCUT2D eigenvalue weighted by Crippen LogP contribution is 2.21. The van der Waals surface area contributed by atoms with Crippen molar-refractivity contribution in [3.05, 3.63) is 47.3 Å². The highest BCUT2D eigenvalue weighted by molar-refractivity contribution is 5.80. The van der Waals surface area contributed by atoms with Crippen molar-refractivity contribution in [2.75, 3.05) is 26.7 Å². The van der Waals surface area contributed by atoms with Crippen LogP contribution in [0.2, 0.25) is 0 Å². The van der Waals surface area contributed by atoms with E-state index in [1.165, 1.54) is 0 Å². The molecule has 30 heavy (non-hydrogen) atoms. The summed E-state index contributed by atoms with van der Waals surface area (Å²) in [6.07, 6.45) is 2.65. The summed E-state index contributed by atoms with van der Waals surface area (Å²) in [4.78, 5) is 18.9. The second-order valence-corrected chi connectivity index (χ2v) is 7.95. The third-order valence-electron chi connectivity index (χ3n) is 5.63. The van der Waals surface area contributed by atoms with Crippen molar-refractivity contribution in [3.63, 3.8) is 0 Å². The van der Waals surface area contributed by atoms with E-state index in [-0.39, 0.29) is 5.91 Å². The Bertz CT molecular complexity index is 880. The van der Waals surface area contributed by atoms with Crippen LogP contribution in [0.3, 0.4) is 0 Å². The molecule has 0 aliphatic carbocycles. The van der Waals surface area contributed by atoms with Crippen LogP contribution < -0.4 is 10.6 Å². The van der Waals surface area contributed by atoms with Crippen molar-refractivity contribution in [1.82, 2.24) is 25.3 Å². The van der Waals surface area contributed by atoms with E-state index in [2.05, 4.69) is 58.7 Å². The van der Waals surface area contributed by atoms with Crippen LogP contribution in [0.25, 0.3) is 5.69 Å².